The van der Waals surface area contributed by atoms with E-state index in [4.69, 9.17) is 5.11 Å². The first-order valence-corrected chi connectivity index (χ1v) is 8.17. The highest BCUT2D eigenvalue weighted by atomic mass is 16.4. The molecule has 2 rings (SSSR count). The predicted molar refractivity (Wildman–Crippen MR) is 91.1 cm³/mol. The van der Waals surface area contributed by atoms with E-state index in [-0.39, 0.29) is 18.4 Å². The average molecular weight is 332 g/mol. The zero-order valence-corrected chi connectivity index (χ0v) is 14.6. The fourth-order valence-corrected chi connectivity index (χ4v) is 2.59. The number of amides is 1. The average Bonchev–Trinajstić information content (AvgIpc) is 2.95. The van der Waals surface area contributed by atoms with Gasteiger partial charge in [-0.1, -0.05) is 6.92 Å². The van der Waals surface area contributed by atoms with Crippen molar-refractivity contribution < 1.29 is 14.7 Å². The molecule has 7 nitrogen and oxygen atoms in total. The maximum Gasteiger partial charge on any atom is 0.303 e. The van der Waals surface area contributed by atoms with E-state index in [1.54, 1.807) is 24.2 Å². The third-order valence-corrected chi connectivity index (χ3v) is 4.16. The second-order valence-electron chi connectivity index (χ2n) is 6.12. The van der Waals surface area contributed by atoms with Gasteiger partial charge in [0.15, 0.2) is 5.65 Å². The zero-order valence-electron chi connectivity index (χ0n) is 14.6. The van der Waals surface area contributed by atoms with Crippen LogP contribution in [-0.4, -0.2) is 50.2 Å². The van der Waals surface area contributed by atoms with Crippen LogP contribution < -0.4 is 0 Å². The van der Waals surface area contributed by atoms with Crippen LogP contribution in [0.1, 0.15) is 55.2 Å². The molecule has 1 atom stereocenters. The molecule has 0 aliphatic carbocycles. The Bertz CT molecular complexity index is 754. The molecule has 130 valence electrons. The fraction of sp³-hybridized carbons (Fsp3) is 0.529. The lowest BCUT2D eigenvalue weighted by atomic mass is 10.1. The maximum absolute atomic E-state index is 12.7. The minimum absolute atomic E-state index is 0.0500. The molecule has 1 N–H and O–H groups in total. The number of hydrogen-bond acceptors (Lipinski definition) is 4. The van der Waals surface area contributed by atoms with Crippen molar-refractivity contribution in [3.05, 3.63) is 23.5 Å². The molecule has 0 radical (unpaired) electrons. The van der Waals surface area contributed by atoms with Crippen LogP contribution in [0.4, 0.5) is 0 Å². The lowest BCUT2D eigenvalue weighted by Crippen LogP contribution is -2.28. The van der Waals surface area contributed by atoms with Crippen LogP contribution in [0.25, 0.3) is 11.0 Å². The Hall–Kier alpha value is -2.44. The highest BCUT2D eigenvalue weighted by molar-refractivity contribution is 6.05. The smallest absolute Gasteiger partial charge is 0.303 e. The summed E-state index contributed by atoms with van der Waals surface area (Å²) in [7, 11) is 1.69. The van der Waals surface area contributed by atoms with Gasteiger partial charge in [0.05, 0.1) is 23.2 Å². The van der Waals surface area contributed by atoms with E-state index in [1.807, 2.05) is 11.6 Å². The van der Waals surface area contributed by atoms with Gasteiger partial charge in [0.2, 0.25) is 0 Å². The Morgan fingerprint density at radius 2 is 2.12 bits per heavy atom. The molecule has 2 heterocycles. The topological polar surface area (TPSA) is 88.3 Å². The number of carboxylic acids is 1. The summed E-state index contributed by atoms with van der Waals surface area (Å²) < 4.78 is 1.85. The number of fused-ring (bicyclic) bond motifs is 1. The van der Waals surface area contributed by atoms with Crippen LogP contribution >= 0.6 is 0 Å². The molecule has 0 bridgehead atoms. The quantitative estimate of drug-likeness (QED) is 0.842. The molecule has 2 aromatic rings. The molecule has 0 saturated carbocycles. The van der Waals surface area contributed by atoms with Crippen LogP contribution in [0.15, 0.2) is 12.3 Å². The first-order valence-electron chi connectivity index (χ1n) is 8.17. The molecule has 1 amide bonds. The van der Waals surface area contributed by atoms with Crippen molar-refractivity contribution in [3.8, 4) is 0 Å². The van der Waals surface area contributed by atoms with Crippen LogP contribution in [0.3, 0.4) is 0 Å². The lowest BCUT2D eigenvalue weighted by Gasteiger charge is -2.17. The summed E-state index contributed by atoms with van der Waals surface area (Å²) in [5, 5.41) is 13.8. The fourth-order valence-electron chi connectivity index (χ4n) is 2.59. The Kier molecular flexibility index (Phi) is 5.54. The Morgan fingerprint density at radius 1 is 1.42 bits per heavy atom. The van der Waals surface area contributed by atoms with E-state index in [0.29, 0.717) is 24.2 Å². The number of hydrogen-bond donors (Lipinski definition) is 1. The monoisotopic (exact) mass is 332 g/mol. The molecular formula is C17H24N4O3. The highest BCUT2D eigenvalue weighted by Gasteiger charge is 2.20. The lowest BCUT2D eigenvalue weighted by molar-refractivity contribution is -0.137. The third kappa shape index (κ3) is 3.72. The van der Waals surface area contributed by atoms with E-state index >= 15 is 0 Å². The summed E-state index contributed by atoms with van der Waals surface area (Å²) in [5.41, 5.74) is 2.03. The second kappa shape index (κ2) is 7.42. The number of aromatic nitrogens is 3. The Morgan fingerprint density at radius 3 is 2.75 bits per heavy atom. The van der Waals surface area contributed by atoms with Gasteiger partial charge in [-0.25, -0.2) is 9.67 Å². The standard InChI is InChI=1S/C17H24N4O3/c1-5-12(3)21-16-14(10-18-21)13(9-11(2)19-16)17(24)20(4)8-6-7-15(22)23/h9-10,12H,5-8H2,1-4H3,(H,22,23). The summed E-state index contributed by atoms with van der Waals surface area (Å²) >= 11 is 0. The van der Waals surface area contributed by atoms with Crippen LogP contribution in [0.5, 0.6) is 0 Å². The SMILES string of the molecule is CCC(C)n1ncc2c(C(=O)N(C)CCCC(=O)O)cc(C)nc21. The van der Waals surface area contributed by atoms with Gasteiger partial charge in [-0.3, -0.25) is 9.59 Å². The largest absolute Gasteiger partial charge is 0.481 e. The molecule has 0 aliphatic heterocycles. The number of carbonyl (C=O) groups is 2. The van der Waals surface area contributed by atoms with E-state index < -0.39 is 5.97 Å². The van der Waals surface area contributed by atoms with Gasteiger partial charge in [0, 0.05) is 25.7 Å². The van der Waals surface area contributed by atoms with E-state index in [1.165, 1.54) is 0 Å². The minimum Gasteiger partial charge on any atom is -0.481 e. The van der Waals surface area contributed by atoms with Gasteiger partial charge in [-0.2, -0.15) is 5.10 Å². The van der Waals surface area contributed by atoms with Crippen molar-refractivity contribution in [1.29, 1.82) is 0 Å². The van der Waals surface area contributed by atoms with Crippen molar-refractivity contribution >= 4 is 22.9 Å². The Balaban J connectivity index is 2.32. The second-order valence-corrected chi connectivity index (χ2v) is 6.12. The number of nitrogens with zero attached hydrogens (tertiary/aromatic N) is 4. The number of aliphatic carboxylic acids is 1. The summed E-state index contributed by atoms with van der Waals surface area (Å²) in [6, 6.07) is 1.97. The molecule has 0 saturated heterocycles. The first kappa shape index (κ1) is 17.9. The molecule has 2 aromatic heterocycles. The van der Waals surface area contributed by atoms with E-state index in [9.17, 15) is 9.59 Å². The van der Waals surface area contributed by atoms with Crippen molar-refractivity contribution in [2.24, 2.45) is 0 Å². The van der Waals surface area contributed by atoms with Gasteiger partial charge in [0.25, 0.3) is 5.91 Å². The summed E-state index contributed by atoms with van der Waals surface area (Å²) in [6.07, 6.45) is 3.09. The molecule has 0 aliphatic rings. The van der Waals surface area contributed by atoms with E-state index in [2.05, 4.69) is 23.9 Å². The Labute approximate surface area is 141 Å². The molecule has 7 heteroatoms. The zero-order chi connectivity index (χ0) is 17.9. The molecule has 24 heavy (non-hydrogen) atoms. The molecule has 1 unspecified atom stereocenters. The van der Waals surface area contributed by atoms with Gasteiger partial charge < -0.3 is 10.0 Å². The van der Waals surface area contributed by atoms with Gasteiger partial charge in [0.1, 0.15) is 0 Å². The van der Waals surface area contributed by atoms with E-state index in [0.717, 1.165) is 17.5 Å². The van der Waals surface area contributed by atoms with Crippen molar-refractivity contribution in [2.75, 3.05) is 13.6 Å². The first-order chi connectivity index (χ1) is 11.3. The summed E-state index contributed by atoms with van der Waals surface area (Å²) in [4.78, 5) is 29.5. The van der Waals surface area contributed by atoms with Crippen LogP contribution in [0, 0.1) is 6.92 Å². The molecular weight excluding hydrogens is 308 g/mol. The van der Waals surface area contributed by atoms with Crippen LogP contribution in [-0.2, 0) is 4.79 Å². The van der Waals surface area contributed by atoms with Gasteiger partial charge in [-0.15, -0.1) is 0 Å². The van der Waals surface area contributed by atoms with Gasteiger partial charge in [-0.05, 0) is 32.8 Å². The van der Waals surface area contributed by atoms with Crippen molar-refractivity contribution in [3.63, 3.8) is 0 Å². The molecule has 0 aromatic carbocycles. The number of pyridine rings is 1. The highest BCUT2D eigenvalue weighted by Crippen LogP contribution is 2.23. The van der Waals surface area contributed by atoms with Crippen molar-refractivity contribution in [2.45, 2.75) is 46.1 Å². The predicted octanol–water partition coefficient (Wildman–Crippen LogP) is 2.65. The third-order valence-electron chi connectivity index (χ3n) is 4.16. The summed E-state index contributed by atoms with van der Waals surface area (Å²) in [6.45, 7) is 6.40. The minimum atomic E-state index is -0.854. The number of aryl methyl sites for hydroxylation is 1. The van der Waals surface area contributed by atoms with Crippen molar-refractivity contribution in [1.82, 2.24) is 19.7 Å². The van der Waals surface area contributed by atoms with Crippen LogP contribution in [0.2, 0.25) is 0 Å². The maximum atomic E-state index is 12.7. The number of carbonyl (C=O) groups excluding carboxylic acids is 1. The number of rotatable bonds is 7. The summed E-state index contributed by atoms with van der Waals surface area (Å²) in [5.74, 6) is -0.993. The number of carboxylic acid groups (broad SMARTS) is 1. The van der Waals surface area contributed by atoms with Gasteiger partial charge >= 0.3 is 5.97 Å². The normalized spacial score (nSPS) is 12.3. The molecule has 0 fully saturated rings. The molecule has 0 spiro atoms.